The summed E-state index contributed by atoms with van der Waals surface area (Å²) < 4.78 is 28.4. The molecule has 22 heavy (non-hydrogen) atoms. The quantitative estimate of drug-likeness (QED) is 0.834. The molecule has 2 aromatic heterocycles. The van der Waals surface area contributed by atoms with E-state index in [9.17, 15) is 8.42 Å². The first-order valence-corrected chi connectivity index (χ1v) is 8.73. The van der Waals surface area contributed by atoms with Gasteiger partial charge in [-0.1, -0.05) is 0 Å². The van der Waals surface area contributed by atoms with E-state index in [1.54, 1.807) is 40.7 Å². The predicted molar refractivity (Wildman–Crippen MR) is 80.4 cm³/mol. The lowest BCUT2D eigenvalue weighted by atomic mass is 9.95. The van der Waals surface area contributed by atoms with Gasteiger partial charge in [0.2, 0.25) is 0 Å². The molecule has 3 rings (SSSR count). The van der Waals surface area contributed by atoms with E-state index in [-0.39, 0.29) is 10.9 Å². The molecule has 1 aliphatic heterocycles. The van der Waals surface area contributed by atoms with Crippen LogP contribution in [0.15, 0.2) is 36.1 Å². The molecule has 1 aliphatic rings. The summed E-state index contributed by atoms with van der Waals surface area (Å²) in [5.74, 6) is 0.268. The van der Waals surface area contributed by atoms with Crippen molar-refractivity contribution < 1.29 is 8.42 Å². The van der Waals surface area contributed by atoms with Gasteiger partial charge >= 0.3 is 0 Å². The van der Waals surface area contributed by atoms with Crippen molar-refractivity contribution in [1.29, 1.82) is 0 Å². The van der Waals surface area contributed by atoms with Crippen LogP contribution in [0, 0.1) is 5.92 Å². The van der Waals surface area contributed by atoms with Gasteiger partial charge in [0.15, 0.2) is 5.03 Å². The second kappa shape index (κ2) is 6.13. The summed E-state index contributed by atoms with van der Waals surface area (Å²) in [5.41, 5.74) is 0.907. The van der Waals surface area contributed by atoms with Crippen molar-refractivity contribution in [3.05, 3.63) is 36.8 Å². The van der Waals surface area contributed by atoms with Gasteiger partial charge in [-0.2, -0.15) is 4.31 Å². The summed E-state index contributed by atoms with van der Waals surface area (Å²) in [5, 5.41) is 0.121. The Morgan fingerprint density at radius 2 is 2.18 bits per heavy atom. The Kier molecular flexibility index (Phi) is 4.21. The number of hydrogen-bond donors (Lipinski definition) is 0. The van der Waals surface area contributed by atoms with Crippen LogP contribution in [0.3, 0.4) is 0 Å². The molecule has 7 nitrogen and oxygen atoms in total. The van der Waals surface area contributed by atoms with Crippen LogP contribution >= 0.6 is 0 Å². The molecule has 0 bridgehead atoms. The van der Waals surface area contributed by atoms with Crippen molar-refractivity contribution in [2.24, 2.45) is 13.0 Å². The van der Waals surface area contributed by atoms with Gasteiger partial charge in [0, 0.05) is 44.9 Å². The Hall–Kier alpha value is -1.80. The third kappa shape index (κ3) is 3.17. The van der Waals surface area contributed by atoms with Crippen molar-refractivity contribution in [1.82, 2.24) is 23.8 Å². The second-order valence-corrected chi connectivity index (χ2v) is 7.53. The second-order valence-electron chi connectivity index (χ2n) is 5.65. The van der Waals surface area contributed by atoms with Gasteiger partial charge in [0.1, 0.15) is 0 Å². The number of imidazole rings is 1. The topological polar surface area (TPSA) is 81.0 Å². The smallest absolute Gasteiger partial charge is 0.262 e. The van der Waals surface area contributed by atoms with Gasteiger partial charge in [0.25, 0.3) is 10.0 Å². The molecule has 0 saturated carbocycles. The van der Waals surface area contributed by atoms with E-state index in [1.165, 1.54) is 6.33 Å². The summed E-state index contributed by atoms with van der Waals surface area (Å²) in [6.07, 6.45) is 10.7. The maximum atomic E-state index is 12.6. The largest absolute Gasteiger partial charge is 0.339 e. The average Bonchev–Trinajstić information content (AvgIpc) is 2.96. The third-order valence-electron chi connectivity index (χ3n) is 3.88. The molecule has 0 aliphatic carbocycles. The standard InChI is InChI=1S/C14H19N5O2S/c1-18-10-14(17-11-18)22(20,21)19-6-2-3-12(9-19)7-13-8-15-4-5-16-13/h4-5,8,10-12H,2-3,6-7,9H2,1H3. The lowest BCUT2D eigenvalue weighted by Gasteiger charge is -2.31. The van der Waals surface area contributed by atoms with Crippen molar-refractivity contribution in [3.8, 4) is 0 Å². The minimum absolute atomic E-state index is 0.121. The average molecular weight is 321 g/mol. The molecule has 3 heterocycles. The molecule has 0 amide bonds. The van der Waals surface area contributed by atoms with Crippen molar-refractivity contribution >= 4 is 10.0 Å². The first-order chi connectivity index (χ1) is 10.6. The summed E-state index contributed by atoms with van der Waals surface area (Å²) >= 11 is 0. The zero-order valence-electron chi connectivity index (χ0n) is 12.5. The minimum atomic E-state index is -3.50. The number of aryl methyl sites for hydroxylation is 1. The van der Waals surface area contributed by atoms with E-state index in [2.05, 4.69) is 15.0 Å². The lowest BCUT2D eigenvalue weighted by molar-refractivity contribution is 0.263. The molecule has 1 atom stereocenters. The van der Waals surface area contributed by atoms with Crippen LogP contribution in [0.2, 0.25) is 0 Å². The molecule has 118 valence electrons. The van der Waals surface area contributed by atoms with Crippen LogP contribution < -0.4 is 0 Å². The Morgan fingerprint density at radius 3 is 2.86 bits per heavy atom. The highest BCUT2D eigenvalue weighted by atomic mass is 32.2. The third-order valence-corrected chi connectivity index (χ3v) is 5.63. The van der Waals surface area contributed by atoms with Crippen molar-refractivity contribution in [3.63, 3.8) is 0 Å². The molecule has 1 unspecified atom stereocenters. The molecular formula is C14H19N5O2S. The lowest BCUT2D eigenvalue weighted by Crippen LogP contribution is -2.40. The van der Waals surface area contributed by atoms with E-state index in [0.717, 1.165) is 25.0 Å². The Morgan fingerprint density at radius 1 is 1.32 bits per heavy atom. The zero-order chi connectivity index (χ0) is 15.6. The molecule has 0 spiro atoms. The maximum Gasteiger partial charge on any atom is 0.262 e. The number of sulfonamides is 1. The van der Waals surface area contributed by atoms with Crippen LogP contribution in [0.1, 0.15) is 18.5 Å². The predicted octanol–water partition coefficient (Wildman–Crippen LogP) is 0.853. The molecule has 0 radical (unpaired) electrons. The Bertz CT molecular complexity index is 729. The first-order valence-electron chi connectivity index (χ1n) is 7.29. The van der Waals surface area contributed by atoms with Gasteiger partial charge < -0.3 is 4.57 Å². The first kappa shape index (κ1) is 15.1. The summed E-state index contributed by atoms with van der Waals surface area (Å²) in [7, 11) is -1.74. The minimum Gasteiger partial charge on any atom is -0.339 e. The maximum absolute atomic E-state index is 12.6. The summed E-state index contributed by atoms with van der Waals surface area (Å²) in [4.78, 5) is 12.3. The Balaban J connectivity index is 1.73. The number of hydrogen-bond acceptors (Lipinski definition) is 5. The van der Waals surface area contributed by atoms with Crippen LogP contribution in [-0.4, -0.2) is 45.3 Å². The fourth-order valence-electron chi connectivity index (χ4n) is 2.80. The summed E-state index contributed by atoms with van der Waals surface area (Å²) in [6.45, 7) is 1.06. The highest BCUT2D eigenvalue weighted by molar-refractivity contribution is 7.89. The van der Waals surface area contributed by atoms with Crippen LogP contribution in [0.4, 0.5) is 0 Å². The van der Waals surface area contributed by atoms with E-state index >= 15 is 0 Å². The molecule has 2 aromatic rings. The zero-order valence-corrected chi connectivity index (χ0v) is 13.3. The number of aromatic nitrogens is 4. The van der Waals surface area contributed by atoms with Crippen molar-refractivity contribution in [2.75, 3.05) is 13.1 Å². The number of nitrogens with zero attached hydrogens (tertiary/aromatic N) is 5. The summed E-state index contributed by atoms with van der Waals surface area (Å²) in [6, 6.07) is 0. The number of rotatable bonds is 4. The van der Waals surface area contributed by atoms with Gasteiger partial charge in [-0.25, -0.2) is 13.4 Å². The van der Waals surface area contributed by atoms with Crippen LogP contribution in [-0.2, 0) is 23.5 Å². The van der Waals surface area contributed by atoms with Gasteiger partial charge in [-0.3, -0.25) is 9.97 Å². The molecule has 8 heteroatoms. The fourth-order valence-corrected chi connectivity index (χ4v) is 4.32. The van der Waals surface area contributed by atoms with E-state index < -0.39 is 10.0 Å². The van der Waals surface area contributed by atoms with Crippen molar-refractivity contribution in [2.45, 2.75) is 24.3 Å². The fraction of sp³-hybridized carbons (Fsp3) is 0.500. The molecular weight excluding hydrogens is 302 g/mol. The SMILES string of the molecule is Cn1cnc(S(=O)(=O)N2CCCC(Cc3cnccn3)C2)c1. The van der Waals surface area contributed by atoms with Gasteiger partial charge in [0.05, 0.1) is 12.0 Å². The Labute approximate surface area is 130 Å². The number of piperidine rings is 1. The molecule has 0 N–H and O–H groups in total. The van der Waals surface area contributed by atoms with Crippen LogP contribution in [0.25, 0.3) is 0 Å². The molecule has 0 aromatic carbocycles. The highest BCUT2D eigenvalue weighted by Crippen LogP contribution is 2.24. The van der Waals surface area contributed by atoms with Gasteiger partial charge in [-0.15, -0.1) is 0 Å². The van der Waals surface area contributed by atoms with E-state index in [1.807, 2.05) is 0 Å². The normalized spacial score (nSPS) is 20.1. The monoisotopic (exact) mass is 321 g/mol. The molecule has 1 saturated heterocycles. The van der Waals surface area contributed by atoms with Crippen LogP contribution in [0.5, 0.6) is 0 Å². The molecule has 1 fully saturated rings. The van der Waals surface area contributed by atoms with E-state index in [0.29, 0.717) is 13.1 Å². The van der Waals surface area contributed by atoms with Gasteiger partial charge in [-0.05, 0) is 25.2 Å². The van der Waals surface area contributed by atoms with E-state index in [4.69, 9.17) is 0 Å². The highest BCUT2D eigenvalue weighted by Gasteiger charge is 2.31.